The summed E-state index contributed by atoms with van der Waals surface area (Å²) >= 11 is 0. The lowest BCUT2D eigenvalue weighted by Crippen LogP contribution is -3.14. The molecular formula is C15H21N2O2+. The Balaban J connectivity index is 1.52. The molecule has 0 aromatic carbocycles. The second-order valence-corrected chi connectivity index (χ2v) is 6.57. The zero-order chi connectivity index (χ0) is 13.0. The highest BCUT2D eigenvalue weighted by atomic mass is 16.2. The normalized spacial score (nSPS) is 41.4. The van der Waals surface area contributed by atoms with Crippen molar-refractivity contribution >= 4 is 11.8 Å². The first kappa shape index (κ1) is 11.6. The number of amides is 2. The summed E-state index contributed by atoms with van der Waals surface area (Å²) < 4.78 is 0. The maximum atomic E-state index is 12.5. The molecule has 4 nitrogen and oxygen atoms in total. The van der Waals surface area contributed by atoms with Crippen LogP contribution in [0.15, 0.2) is 12.2 Å². The van der Waals surface area contributed by atoms with Crippen LogP contribution in [0.4, 0.5) is 0 Å². The van der Waals surface area contributed by atoms with Crippen LogP contribution in [0.2, 0.25) is 0 Å². The van der Waals surface area contributed by atoms with Gasteiger partial charge in [0, 0.05) is 0 Å². The fraction of sp³-hybridized carbons (Fsp3) is 0.733. The molecule has 2 aliphatic heterocycles. The highest BCUT2D eigenvalue weighted by molar-refractivity contribution is 6.06. The Labute approximate surface area is 113 Å². The number of nitrogens with zero attached hydrogens (tertiary/aromatic N) is 1. The third-order valence-electron chi connectivity index (χ3n) is 5.50. The van der Waals surface area contributed by atoms with E-state index in [-0.39, 0.29) is 23.7 Å². The van der Waals surface area contributed by atoms with Gasteiger partial charge in [0.2, 0.25) is 11.8 Å². The fourth-order valence-corrected chi connectivity index (χ4v) is 4.55. The van der Waals surface area contributed by atoms with E-state index >= 15 is 0 Å². The van der Waals surface area contributed by atoms with Gasteiger partial charge >= 0.3 is 0 Å². The number of quaternary nitrogens is 1. The second-order valence-electron chi connectivity index (χ2n) is 6.57. The van der Waals surface area contributed by atoms with Gasteiger partial charge in [-0.3, -0.25) is 9.59 Å². The van der Waals surface area contributed by atoms with E-state index in [2.05, 4.69) is 12.2 Å². The van der Waals surface area contributed by atoms with Crippen LogP contribution in [0.25, 0.3) is 0 Å². The first-order valence-electron chi connectivity index (χ1n) is 7.63. The first-order chi connectivity index (χ1) is 9.25. The molecule has 1 saturated carbocycles. The van der Waals surface area contributed by atoms with Crippen LogP contribution in [0.5, 0.6) is 0 Å². The average molecular weight is 261 g/mol. The number of allylic oxidation sites excluding steroid dienone is 2. The number of piperidine rings is 1. The molecular weight excluding hydrogens is 240 g/mol. The topological polar surface area (TPSA) is 41.8 Å². The van der Waals surface area contributed by atoms with Gasteiger partial charge in [0.15, 0.2) is 6.67 Å². The summed E-state index contributed by atoms with van der Waals surface area (Å²) in [6.45, 7) is 2.83. The third kappa shape index (κ3) is 1.62. The third-order valence-corrected chi connectivity index (χ3v) is 5.50. The fourth-order valence-electron chi connectivity index (χ4n) is 4.55. The van der Waals surface area contributed by atoms with Gasteiger partial charge in [0.1, 0.15) is 0 Å². The number of carbonyl (C=O) groups is 2. The molecule has 2 heterocycles. The van der Waals surface area contributed by atoms with Gasteiger partial charge in [-0.2, -0.15) is 0 Å². The molecule has 4 unspecified atom stereocenters. The zero-order valence-corrected chi connectivity index (χ0v) is 11.2. The van der Waals surface area contributed by atoms with Crippen LogP contribution in [-0.2, 0) is 9.59 Å². The van der Waals surface area contributed by atoms with Crippen molar-refractivity contribution in [1.29, 1.82) is 0 Å². The van der Waals surface area contributed by atoms with Crippen molar-refractivity contribution in [2.24, 2.45) is 23.7 Å². The summed E-state index contributed by atoms with van der Waals surface area (Å²) in [5.74, 6) is 0.869. The van der Waals surface area contributed by atoms with Crippen molar-refractivity contribution in [1.82, 2.24) is 4.90 Å². The number of hydrogen-bond donors (Lipinski definition) is 1. The highest BCUT2D eigenvalue weighted by Gasteiger charge is 2.59. The van der Waals surface area contributed by atoms with E-state index in [0.717, 1.165) is 19.5 Å². The number of hydrogen-bond acceptors (Lipinski definition) is 2. The number of likely N-dealkylation sites (tertiary alicyclic amines) is 2. The SMILES string of the molecule is O=C1C2C3C=CC(C3)C2C(=O)N1C[NH+]1CCCCC1. The summed E-state index contributed by atoms with van der Waals surface area (Å²) in [6.07, 6.45) is 9.10. The van der Waals surface area contributed by atoms with E-state index in [0.29, 0.717) is 18.5 Å². The van der Waals surface area contributed by atoms with Crippen molar-refractivity contribution in [3.63, 3.8) is 0 Å². The van der Waals surface area contributed by atoms with Crippen LogP contribution in [0.3, 0.4) is 0 Å². The number of rotatable bonds is 2. The molecule has 4 heteroatoms. The number of fused-ring (bicyclic) bond motifs is 5. The summed E-state index contributed by atoms with van der Waals surface area (Å²) in [7, 11) is 0. The first-order valence-corrected chi connectivity index (χ1v) is 7.63. The van der Waals surface area contributed by atoms with E-state index in [4.69, 9.17) is 0 Å². The standard InChI is InChI=1S/C15H20N2O2/c18-14-12-10-4-5-11(8-10)13(12)15(19)17(14)9-16-6-2-1-3-7-16/h4-5,10-13H,1-3,6-9H2/p+1. The predicted molar refractivity (Wildman–Crippen MR) is 69.0 cm³/mol. The highest BCUT2D eigenvalue weighted by Crippen LogP contribution is 2.52. The molecule has 4 atom stereocenters. The van der Waals surface area contributed by atoms with Crippen molar-refractivity contribution in [2.75, 3.05) is 19.8 Å². The van der Waals surface area contributed by atoms with E-state index in [1.807, 2.05) is 0 Å². The van der Waals surface area contributed by atoms with E-state index in [9.17, 15) is 9.59 Å². The molecule has 2 amide bonds. The van der Waals surface area contributed by atoms with Crippen molar-refractivity contribution < 1.29 is 14.5 Å². The molecule has 2 aliphatic carbocycles. The molecule has 0 spiro atoms. The zero-order valence-electron chi connectivity index (χ0n) is 11.2. The molecule has 102 valence electrons. The van der Waals surface area contributed by atoms with Crippen molar-refractivity contribution in [3.05, 3.63) is 12.2 Å². The lowest BCUT2D eigenvalue weighted by molar-refractivity contribution is -0.912. The average Bonchev–Trinajstić information content (AvgIpc) is 3.10. The van der Waals surface area contributed by atoms with Gasteiger partial charge in [0.25, 0.3) is 0 Å². The molecule has 0 aromatic heterocycles. The second kappa shape index (κ2) is 4.17. The molecule has 4 rings (SSSR count). The molecule has 2 bridgehead atoms. The molecule has 4 aliphatic rings. The quantitative estimate of drug-likeness (QED) is 0.553. The smallest absolute Gasteiger partial charge is 0.238 e. The van der Waals surface area contributed by atoms with Crippen molar-refractivity contribution in [2.45, 2.75) is 25.7 Å². The molecule has 1 N–H and O–H groups in total. The molecule has 2 saturated heterocycles. The summed E-state index contributed by atoms with van der Waals surface area (Å²) in [4.78, 5) is 28.0. The number of carbonyl (C=O) groups excluding carboxylic acids is 2. The van der Waals surface area contributed by atoms with Gasteiger partial charge in [-0.15, -0.1) is 0 Å². The Morgan fingerprint density at radius 2 is 1.58 bits per heavy atom. The molecule has 3 fully saturated rings. The Hall–Kier alpha value is -1.16. The molecule has 0 radical (unpaired) electrons. The van der Waals surface area contributed by atoms with Crippen LogP contribution >= 0.6 is 0 Å². The van der Waals surface area contributed by atoms with Crippen molar-refractivity contribution in [3.8, 4) is 0 Å². The van der Waals surface area contributed by atoms with Gasteiger partial charge in [0.05, 0.1) is 24.9 Å². The largest absolute Gasteiger partial charge is 0.317 e. The van der Waals surface area contributed by atoms with Gasteiger partial charge in [-0.1, -0.05) is 12.2 Å². The Morgan fingerprint density at radius 3 is 2.16 bits per heavy atom. The summed E-state index contributed by atoms with van der Waals surface area (Å²) in [5, 5.41) is 0. The Bertz CT molecular complexity index is 423. The maximum Gasteiger partial charge on any atom is 0.238 e. The Kier molecular flexibility index (Phi) is 2.56. The van der Waals surface area contributed by atoms with Gasteiger partial charge in [-0.05, 0) is 37.5 Å². The monoisotopic (exact) mass is 261 g/mol. The Morgan fingerprint density at radius 1 is 1.00 bits per heavy atom. The van der Waals surface area contributed by atoms with E-state index < -0.39 is 0 Å². The van der Waals surface area contributed by atoms with Crippen LogP contribution in [0, 0.1) is 23.7 Å². The minimum absolute atomic E-state index is 0.0216. The number of imide groups is 1. The number of nitrogens with one attached hydrogen (secondary N) is 1. The van der Waals surface area contributed by atoms with E-state index in [1.165, 1.54) is 24.2 Å². The minimum Gasteiger partial charge on any atom is -0.317 e. The van der Waals surface area contributed by atoms with Crippen LogP contribution < -0.4 is 4.90 Å². The van der Waals surface area contributed by atoms with Crippen LogP contribution in [0.1, 0.15) is 25.7 Å². The minimum atomic E-state index is -0.0216. The molecule has 19 heavy (non-hydrogen) atoms. The van der Waals surface area contributed by atoms with Crippen LogP contribution in [-0.4, -0.2) is 36.5 Å². The van der Waals surface area contributed by atoms with Gasteiger partial charge in [-0.25, -0.2) is 4.90 Å². The van der Waals surface area contributed by atoms with E-state index in [1.54, 1.807) is 4.90 Å². The summed E-state index contributed by atoms with van der Waals surface area (Å²) in [6, 6.07) is 0. The summed E-state index contributed by atoms with van der Waals surface area (Å²) in [5.41, 5.74) is 0. The predicted octanol–water partition coefficient (Wildman–Crippen LogP) is -0.180. The van der Waals surface area contributed by atoms with Gasteiger partial charge < -0.3 is 4.90 Å². The lowest BCUT2D eigenvalue weighted by Gasteiger charge is -2.27. The lowest BCUT2D eigenvalue weighted by atomic mass is 9.85. The maximum absolute atomic E-state index is 12.5. The molecule has 0 aromatic rings.